The highest BCUT2D eigenvalue weighted by Crippen LogP contribution is 2.43. The summed E-state index contributed by atoms with van der Waals surface area (Å²) in [4.78, 5) is 7.89. The van der Waals surface area contributed by atoms with E-state index in [4.69, 9.17) is 11.6 Å². The minimum Gasteiger partial charge on any atom is -0.355 e. The maximum absolute atomic E-state index is 6.46. The van der Waals surface area contributed by atoms with E-state index in [0.29, 0.717) is 5.02 Å². The van der Waals surface area contributed by atoms with Crippen molar-refractivity contribution >= 4 is 61.5 Å². The minimum absolute atomic E-state index is 0. The van der Waals surface area contributed by atoms with Crippen molar-refractivity contribution < 1.29 is 0 Å². The molecule has 0 saturated carbocycles. The molecule has 0 atom stereocenters. The van der Waals surface area contributed by atoms with Gasteiger partial charge >= 0.3 is 0 Å². The molecule has 0 aliphatic carbocycles. The Hall–Kier alpha value is -1.17. The van der Waals surface area contributed by atoms with E-state index in [1.807, 2.05) is 6.92 Å². The zero-order valence-corrected chi connectivity index (χ0v) is 14.8. The third kappa shape index (κ3) is 2.23. The van der Waals surface area contributed by atoms with Crippen LogP contribution in [-0.2, 0) is 0 Å². The molecule has 4 nitrogen and oxygen atoms in total. The summed E-state index contributed by atoms with van der Waals surface area (Å²) in [5.74, 6) is 1.05. The van der Waals surface area contributed by atoms with E-state index in [1.54, 1.807) is 17.5 Å². The molecule has 3 aromatic heterocycles. The van der Waals surface area contributed by atoms with Gasteiger partial charge in [0, 0.05) is 30.1 Å². The molecule has 1 fully saturated rings. The van der Waals surface area contributed by atoms with Gasteiger partial charge in [0.05, 0.1) is 15.4 Å². The van der Waals surface area contributed by atoms with E-state index >= 15 is 0 Å². The van der Waals surface area contributed by atoms with Crippen LogP contribution in [0.15, 0.2) is 6.20 Å². The Morgan fingerprint density at radius 1 is 1.14 bits per heavy atom. The molecule has 4 rings (SSSR count). The summed E-state index contributed by atoms with van der Waals surface area (Å²) in [5.41, 5.74) is 2.12. The van der Waals surface area contributed by atoms with Gasteiger partial charge in [-0.15, -0.1) is 28.8 Å². The highest BCUT2D eigenvalue weighted by molar-refractivity contribution is 7.26. The Balaban J connectivity index is 0.00000144. The first kappa shape index (κ1) is 15.7. The van der Waals surface area contributed by atoms with E-state index in [9.17, 15) is 0 Å². The average molecular weight is 355 g/mol. The van der Waals surface area contributed by atoms with Gasteiger partial charge in [0.2, 0.25) is 0 Å². The van der Waals surface area contributed by atoms with Crippen molar-refractivity contribution in [1.82, 2.24) is 15.2 Å². The van der Waals surface area contributed by atoms with Crippen LogP contribution < -0.4 is 4.90 Å². The Morgan fingerprint density at radius 2 is 1.86 bits per heavy atom. The molecular formula is C15H16Cl2N4S. The molecule has 0 N–H and O–H groups in total. The van der Waals surface area contributed by atoms with Gasteiger partial charge in [-0.1, -0.05) is 11.6 Å². The fourth-order valence-electron chi connectivity index (χ4n) is 2.99. The number of anilines is 1. The second kappa shape index (κ2) is 5.80. The smallest absolute Gasteiger partial charge is 0.147 e. The van der Waals surface area contributed by atoms with Gasteiger partial charge in [-0.25, -0.2) is 4.98 Å². The van der Waals surface area contributed by atoms with Crippen molar-refractivity contribution in [3.8, 4) is 0 Å². The molecule has 22 heavy (non-hydrogen) atoms. The molecule has 116 valence electrons. The Kier molecular flexibility index (Phi) is 4.14. The van der Waals surface area contributed by atoms with Crippen LogP contribution >= 0.6 is 35.3 Å². The molecule has 7 heteroatoms. The van der Waals surface area contributed by atoms with Gasteiger partial charge in [-0.05, 0) is 32.3 Å². The third-order valence-electron chi connectivity index (χ3n) is 4.25. The summed E-state index contributed by atoms with van der Waals surface area (Å²) in [6.45, 7) is 6.22. The number of pyridine rings is 1. The minimum atomic E-state index is 0. The van der Waals surface area contributed by atoms with E-state index in [0.717, 1.165) is 50.5 Å². The SMILES string of the molecule is Cc1nnc2sc3c(N4CCCC4)ncc(Cl)c3c2c1C.Cl. The fraction of sp³-hybridized carbons (Fsp3) is 0.400. The first-order valence-electron chi connectivity index (χ1n) is 7.12. The summed E-state index contributed by atoms with van der Waals surface area (Å²) >= 11 is 8.11. The summed E-state index contributed by atoms with van der Waals surface area (Å²) < 4.78 is 1.14. The molecule has 3 aromatic rings. The molecule has 1 aliphatic rings. The number of hydrogen-bond donors (Lipinski definition) is 0. The number of nitrogens with zero attached hydrogens (tertiary/aromatic N) is 4. The summed E-state index contributed by atoms with van der Waals surface area (Å²) in [5, 5.41) is 11.5. The van der Waals surface area contributed by atoms with Gasteiger partial charge in [0.25, 0.3) is 0 Å². The van der Waals surface area contributed by atoms with Crippen LogP contribution in [0.5, 0.6) is 0 Å². The predicted molar refractivity (Wildman–Crippen MR) is 95.9 cm³/mol. The van der Waals surface area contributed by atoms with Gasteiger partial charge in [-0.2, -0.15) is 5.10 Å². The lowest BCUT2D eigenvalue weighted by atomic mass is 10.1. The Morgan fingerprint density at radius 3 is 2.59 bits per heavy atom. The van der Waals surface area contributed by atoms with Crippen LogP contribution in [0.4, 0.5) is 5.82 Å². The molecule has 0 spiro atoms. The Labute approximate surface area is 143 Å². The largest absolute Gasteiger partial charge is 0.355 e. The van der Waals surface area contributed by atoms with Crippen molar-refractivity contribution in [2.24, 2.45) is 0 Å². The van der Waals surface area contributed by atoms with Crippen LogP contribution in [0.1, 0.15) is 24.1 Å². The van der Waals surface area contributed by atoms with Gasteiger partial charge < -0.3 is 4.90 Å². The molecule has 4 heterocycles. The maximum Gasteiger partial charge on any atom is 0.147 e. The normalized spacial score (nSPS) is 14.8. The molecule has 1 aliphatic heterocycles. The van der Waals surface area contributed by atoms with Crippen molar-refractivity contribution in [2.45, 2.75) is 26.7 Å². The molecule has 0 unspecified atom stereocenters. The summed E-state index contributed by atoms with van der Waals surface area (Å²) in [6, 6.07) is 0. The van der Waals surface area contributed by atoms with Crippen LogP contribution in [-0.4, -0.2) is 28.3 Å². The lowest BCUT2D eigenvalue weighted by Gasteiger charge is -2.17. The first-order chi connectivity index (χ1) is 10.2. The number of rotatable bonds is 1. The standard InChI is InChI=1S/C15H15ClN4S.ClH/c1-8-9(2)18-19-15-11(8)12-10(16)7-17-14(13(12)21-15)20-5-3-4-6-20;/h7H,3-6H2,1-2H3;1H. The van der Waals surface area contributed by atoms with Crippen molar-refractivity contribution in [2.75, 3.05) is 18.0 Å². The first-order valence-corrected chi connectivity index (χ1v) is 8.32. The fourth-order valence-corrected chi connectivity index (χ4v) is 4.51. The number of hydrogen-bond acceptors (Lipinski definition) is 5. The predicted octanol–water partition coefficient (Wildman–Crippen LogP) is 4.53. The number of fused-ring (bicyclic) bond motifs is 3. The van der Waals surface area contributed by atoms with Crippen LogP contribution in [0, 0.1) is 13.8 Å². The van der Waals surface area contributed by atoms with Gasteiger partial charge in [0.15, 0.2) is 0 Å². The highest BCUT2D eigenvalue weighted by atomic mass is 35.5. The zero-order valence-electron chi connectivity index (χ0n) is 12.4. The van der Waals surface area contributed by atoms with E-state index < -0.39 is 0 Å². The number of aryl methyl sites for hydroxylation is 2. The number of thiophene rings is 1. The molecule has 0 bridgehead atoms. The maximum atomic E-state index is 6.46. The third-order valence-corrected chi connectivity index (χ3v) is 5.60. The number of halogens is 2. The summed E-state index contributed by atoms with van der Waals surface area (Å²) in [6.07, 6.45) is 4.24. The van der Waals surface area contributed by atoms with Crippen molar-refractivity contribution in [1.29, 1.82) is 0 Å². The average Bonchev–Trinajstić information content (AvgIpc) is 3.11. The van der Waals surface area contributed by atoms with Crippen molar-refractivity contribution in [3.63, 3.8) is 0 Å². The second-order valence-corrected chi connectivity index (χ2v) is 6.93. The monoisotopic (exact) mass is 354 g/mol. The molecule has 1 saturated heterocycles. The lowest BCUT2D eigenvalue weighted by molar-refractivity contribution is 0.947. The molecular weight excluding hydrogens is 339 g/mol. The summed E-state index contributed by atoms with van der Waals surface area (Å²) in [7, 11) is 0. The molecule has 0 radical (unpaired) electrons. The second-order valence-electron chi connectivity index (χ2n) is 5.52. The zero-order chi connectivity index (χ0) is 14.6. The Bertz CT molecular complexity index is 856. The molecule has 0 amide bonds. The van der Waals surface area contributed by atoms with Gasteiger partial charge in [-0.3, -0.25) is 0 Å². The van der Waals surface area contributed by atoms with Crippen LogP contribution in [0.3, 0.4) is 0 Å². The number of aromatic nitrogens is 3. The quantitative estimate of drug-likeness (QED) is 0.643. The lowest BCUT2D eigenvalue weighted by Crippen LogP contribution is -2.18. The van der Waals surface area contributed by atoms with E-state index in [1.165, 1.54) is 12.8 Å². The van der Waals surface area contributed by atoms with Crippen molar-refractivity contribution in [3.05, 3.63) is 22.5 Å². The topological polar surface area (TPSA) is 41.9 Å². The van der Waals surface area contributed by atoms with Gasteiger partial charge in [0.1, 0.15) is 10.6 Å². The molecule has 0 aromatic carbocycles. The highest BCUT2D eigenvalue weighted by Gasteiger charge is 2.22. The van der Waals surface area contributed by atoms with Crippen LogP contribution in [0.25, 0.3) is 20.3 Å². The van der Waals surface area contributed by atoms with Crippen LogP contribution in [0.2, 0.25) is 5.02 Å². The van der Waals surface area contributed by atoms with E-state index in [2.05, 4.69) is 27.0 Å². The van der Waals surface area contributed by atoms with E-state index in [-0.39, 0.29) is 12.4 Å².